The molecular weight excluding hydrogens is 607 g/mol. The number of nitrogens with zero attached hydrogens (tertiary/aromatic N) is 5. The number of aliphatic hydroxyl groups is 1. The third kappa shape index (κ3) is 8.67. The molecule has 3 heterocycles. The van der Waals surface area contributed by atoms with Gasteiger partial charge in [-0.2, -0.15) is 9.61 Å². The van der Waals surface area contributed by atoms with Crippen LogP contribution in [0.1, 0.15) is 76.1 Å². The predicted octanol–water partition coefficient (Wildman–Crippen LogP) is 8.52. The number of hydrogen-bond donors (Lipinski definition) is 1. The minimum atomic E-state index is -1.22. The zero-order valence-corrected chi connectivity index (χ0v) is 31.8. The second-order valence-corrected chi connectivity index (χ2v) is 27.7. The van der Waals surface area contributed by atoms with Gasteiger partial charge in [-0.3, -0.25) is 4.98 Å². The molecule has 3 atom stereocenters. The van der Waals surface area contributed by atoms with Crippen LogP contribution in [0.4, 0.5) is 5.82 Å². The standard InChI is InChI=1S/C36H59N5O3Si2/c1-9-36(42,10-2)33-14-13-29(23-37-33)31-24-38-41-34(22-32(39-35(31)41)30-20-27-11-12-28(19-27)21-30)40(25-43-15-17-45(3,4)5)26-44-16-18-46(6,7)8/h13-14,22-24,27-28,30,42H,9-12,15-21,25-26H2,1-8H3/t27-,28+,30?. The molecule has 8 nitrogen and oxygen atoms in total. The number of ether oxygens (including phenoxy) is 2. The van der Waals surface area contributed by atoms with E-state index in [2.05, 4.69) is 56.3 Å². The monoisotopic (exact) mass is 665 g/mol. The van der Waals surface area contributed by atoms with Gasteiger partial charge in [0.25, 0.3) is 0 Å². The van der Waals surface area contributed by atoms with E-state index in [9.17, 15) is 5.11 Å². The Bertz CT molecular complexity index is 1390. The van der Waals surface area contributed by atoms with Crippen LogP contribution < -0.4 is 4.90 Å². The van der Waals surface area contributed by atoms with E-state index in [1.165, 1.54) is 32.1 Å². The maximum absolute atomic E-state index is 11.1. The average molecular weight is 666 g/mol. The summed E-state index contributed by atoms with van der Waals surface area (Å²) in [7, 11) is -2.44. The van der Waals surface area contributed by atoms with Crippen LogP contribution in [0, 0.1) is 11.8 Å². The molecule has 10 heteroatoms. The fraction of sp³-hybridized carbons (Fsp3) is 0.694. The van der Waals surface area contributed by atoms with Crippen LogP contribution in [0.3, 0.4) is 0 Å². The van der Waals surface area contributed by atoms with Gasteiger partial charge >= 0.3 is 0 Å². The normalized spacial score (nSPS) is 20.5. The lowest BCUT2D eigenvalue weighted by Gasteiger charge is -2.30. The molecule has 1 N–H and O–H groups in total. The molecule has 0 radical (unpaired) electrons. The van der Waals surface area contributed by atoms with Gasteiger partial charge in [0.15, 0.2) is 5.65 Å². The van der Waals surface area contributed by atoms with Crippen molar-refractivity contribution in [3.8, 4) is 11.1 Å². The lowest BCUT2D eigenvalue weighted by atomic mass is 9.79. The maximum Gasteiger partial charge on any atom is 0.165 e. The Kier molecular flexibility index (Phi) is 11.1. The van der Waals surface area contributed by atoms with Crippen LogP contribution in [0.5, 0.6) is 0 Å². The molecule has 0 amide bonds. The van der Waals surface area contributed by atoms with Crippen LogP contribution in [0.2, 0.25) is 51.4 Å². The first-order chi connectivity index (χ1) is 21.8. The highest BCUT2D eigenvalue weighted by Crippen LogP contribution is 2.48. The van der Waals surface area contributed by atoms with Crippen LogP contribution in [0.25, 0.3) is 16.8 Å². The van der Waals surface area contributed by atoms with E-state index < -0.39 is 21.7 Å². The lowest BCUT2D eigenvalue weighted by Crippen LogP contribution is -2.33. The van der Waals surface area contributed by atoms with E-state index in [0.29, 0.717) is 37.9 Å². The van der Waals surface area contributed by atoms with Crippen molar-refractivity contribution in [3.63, 3.8) is 0 Å². The number of aromatic nitrogens is 4. The molecule has 2 aliphatic carbocycles. The third-order valence-corrected chi connectivity index (χ3v) is 13.7. The molecule has 2 fully saturated rings. The third-order valence-electron chi connectivity index (χ3n) is 10.3. The van der Waals surface area contributed by atoms with Gasteiger partial charge in [0.05, 0.1) is 11.9 Å². The minimum Gasteiger partial charge on any atom is -0.384 e. The van der Waals surface area contributed by atoms with Gasteiger partial charge in [-0.25, -0.2) is 4.98 Å². The highest BCUT2D eigenvalue weighted by molar-refractivity contribution is 6.76. The van der Waals surface area contributed by atoms with Gasteiger partial charge in [-0.1, -0.05) is 72.0 Å². The van der Waals surface area contributed by atoms with E-state index in [1.807, 2.05) is 36.8 Å². The quantitative estimate of drug-likeness (QED) is 0.0933. The van der Waals surface area contributed by atoms with Crippen molar-refractivity contribution in [2.45, 2.75) is 122 Å². The molecule has 2 saturated carbocycles. The summed E-state index contributed by atoms with van der Waals surface area (Å²) < 4.78 is 14.7. The fourth-order valence-electron chi connectivity index (χ4n) is 7.07. The van der Waals surface area contributed by atoms with Crippen molar-refractivity contribution in [2.24, 2.45) is 11.8 Å². The summed E-state index contributed by atoms with van der Waals surface area (Å²) in [4.78, 5) is 12.3. The van der Waals surface area contributed by atoms with Crippen molar-refractivity contribution in [1.29, 1.82) is 0 Å². The summed E-state index contributed by atoms with van der Waals surface area (Å²) >= 11 is 0. The van der Waals surface area contributed by atoms with Gasteiger partial charge in [-0.15, -0.1) is 0 Å². The molecule has 3 aromatic heterocycles. The molecule has 2 bridgehead atoms. The first kappa shape index (κ1) is 35.2. The SMILES string of the molecule is CCC(O)(CC)c1ccc(-c2cnn3c(N(COCC[Si](C)(C)C)COCC[Si](C)(C)C)cc(C4C[C@H]5CC[C@@H](C4)C5)nc23)cn1. The molecule has 2 aliphatic rings. The van der Waals surface area contributed by atoms with E-state index in [-0.39, 0.29) is 0 Å². The van der Waals surface area contributed by atoms with E-state index >= 15 is 0 Å². The number of hydrogen-bond acceptors (Lipinski definition) is 7. The zero-order chi connectivity index (χ0) is 33.1. The van der Waals surface area contributed by atoms with E-state index in [1.54, 1.807) is 0 Å². The zero-order valence-electron chi connectivity index (χ0n) is 29.8. The van der Waals surface area contributed by atoms with Crippen molar-refractivity contribution in [1.82, 2.24) is 19.6 Å². The topological polar surface area (TPSA) is 85.0 Å². The average Bonchev–Trinajstić information content (AvgIpc) is 3.60. The van der Waals surface area contributed by atoms with Gasteiger partial charge in [-0.05, 0) is 62.1 Å². The lowest BCUT2D eigenvalue weighted by molar-refractivity contribution is 0.0240. The van der Waals surface area contributed by atoms with Crippen LogP contribution in [-0.2, 0) is 15.1 Å². The van der Waals surface area contributed by atoms with Gasteiger partial charge < -0.3 is 19.5 Å². The number of rotatable bonds is 16. The van der Waals surface area contributed by atoms with Gasteiger partial charge in [0.2, 0.25) is 0 Å². The molecule has 46 heavy (non-hydrogen) atoms. The number of pyridine rings is 1. The van der Waals surface area contributed by atoms with Gasteiger partial charge in [0.1, 0.15) is 24.9 Å². The first-order valence-electron chi connectivity index (χ1n) is 17.8. The Morgan fingerprint density at radius 2 is 1.50 bits per heavy atom. The first-order valence-corrected chi connectivity index (χ1v) is 25.2. The minimum absolute atomic E-state index is 0.448. The highest BCUT2D eigenvalue weighted by Gasteiger charge is 2.36. The van der Waals surface area contributed by atoms with E-state index in [0.717, 1.165) is 65.4 Å². The fourth-order valence-corrected chi connectivity index (χ4v) is 8.58. The molecule has 0 saturated heterocycles. The Labute approximate surface area is 279 Å². The highest BCUT2D eigenvalue weighted by atomic mass is 28.3. The second-order valence-electron chi connectivity index (χ2n) is 16.5. The summed E-state index contributed by atoms with van der Waals surface area (Å²) in [5.74, 6) is 3.05. The summed E-state index contributed by atoms with van der Waals surface area (Å²) in [5.41, 5.74) is 3.71. The molecule has 0 aliphatic heterocycles. The van der Waals surface area contributed by atoms with Crippen molar-refractivity contribution in [2.75, 3.05) is 31.6 Å². The van der Waals surface area contributed by atoms with Gasteiger partial charge in [0, 0.05) is 64.4 Å². The van der Waals surface area contributed by atoms with Crippen molar-refractivity contribution >= 4 is 27.6 Å². The Morgan fingerprint density at radius 3 is 2.02 bits per heavy atom. The Morgan fingerprint density at radius 1 is 0.891 bits per heavy atom. The summed E-state index contributed by atoms with van der Waals surface area (Å²) in [6.07, 6.45) is 11.6. The van der Waals surface area contributed by atoms with E-state index in [4.69, 9.17) is 24.5 Å². The second kappa shape index (κ2) is 14.6. The van der Waals surface area contributed by atoms with Crippen LogP contribution in [-0.4, -0.2) is 67.5 Å². The number of anilines is 1. The Balaban J connectivity index is 1.52. The van der Waals surface area contributed by atoms with Crippen molar-refractivity contribution < 1.29 is 14.6 Å². The van der Waals surface area contributed by atoms with Crippen molar-refractivity contribution in [3.05, 3.63) is 42.0 Å². The van der Waals surface area contributed by atoms with Crippen LogP contribution >= 0.6 is 0 Å². The molecule has 3 aromatic rings. The summed E-state index contributed by atoms with van der Waals surface area (Å²) in [6, 6.07) is 8.53. The molecule has 1 unspecified atom stereocenters. The van der Waals surface area contributed by atoms with Crippen LogP contribution in [0.15, 0.2) is 30.6 Å². The summed E-state index contributed by atoms with van der Waals surface area (Å²) in [5, 5.41) is 16.0. The Hall–Kier alpha value is -2.12. The molecule has 254 valence electrons. The largest absolute Gasteiger partial charge is 0.384 e. The molecule has 5 rings (SSSR count). The maximum atomic E-state index is 11.1. The molecule has 0 spiro atoms. The molecular formula is C36H59N5O3Si2. The predicted molar refractivity (Wildman–Crippen MR) is 194 cm³/mol. The molecule has 0 aromatic carbocycles. The summed E-state index contributed by atoms with van der Waals surface area (Å²) in [6.45, 7) is 20.7. The smallest absolute Gasteiger partial charge is 0.165 e. The number of fused-ring (bicyclic) bond motifs is 3.